The van der Waals surface area contributed by atoms with Crippen molar-refractivity contribution in [3.8, 4) is 5.88 Å². The molecule has 3 aromatic rings. The van der Waals surface area contributed by atoms with E-state index in [0.717, 1.165) is 6.07 Å². The van der Waals surface area contributed by atoms with Crippen LogP contribution in [0.15, 0.2) is 59.9 Å². The van der Waals surface area contributed by atoms with Gasteiger partial charge in [-0.1, -0.05) is 18.2 Å². The minimum Gasteiger partial charge on any atom is -0.473 e. The summed E-state index contributed by atoms with van der Waals surface area (Å²) in [6.07, 6.45) is 0.0742. The fourth-order valence-electron chi connectivity index (χ4n) is 5.57. The number of nitrogens with zero attached hydrogens (tertiary/aromatic N) is 4. The van der Waals surface area contributed by atoms with Gasteiger partial charge in [0.25, 0.3) is 0 Å². The van der Waals surface area contributed by atoms with Gasteiger partial charge in [-0.2, -0.15) is 13.2 Å². The molecule has 1 aliphatic carbocycles. The maximum Gasteiger partial charge on any atom is 0.416 e. The molecular weight excluding hydrogens is 545 g/mol. The smallest absolute Gasteiger partial charge is 0.416 e. The number of aromatic nitrogens is 3. The molecule has 3 heterocycles. The molecule has 5 rings (SSSR count). The lowest BCUT2D eigenvalue weighted by Gasteiger charge is -2.43. The van der Waals surface area contributed by atoms with Gasteiger partial charge in [-0.25, -0.2) is 23.4 Å². The lowest BCUT2D eigenvalue weighted by molar-refractivity contribution is -0.137. The van der Waals surface area contributed by atoms with Gasteiger partial charge < -0.3 is 9.47 Å². The molecule has 8 nitrogen and oxygen atoms in total. The monoisotopic (exact) mass is 576 g/mol. The molecule has 2 aliphatic rings. The Hall–Kier alpha value is -3.09. The molecule has 214 valence electrons. The highest BCUT2D eigenvalue weighted by molar-refractivity contribution is 7.90. The van der Waals surface area contributed by atoms with Crippen molar-refractivity contribution in [1.29, 1.82) is 0 Å². The lowest BCUT2D eigenvalue weighted by Crippen LogP contribution is -2.53. The highest BCUT2D eigenvalue weighted by Crippen LogP contribution is 2.39. The number of hydrogen-bond acceptors (Lipinski definition) is 8. The Balaban J connectivity index is 1.34. The van der Waals surface area contributed by atoms with Crippen LogP contribution in [0.2, 0.25) is 0 Å². The summed E-state index contributed by atoms with van der Waals surface area (Å²) in [7, 11) is -3.68. The van der Waals surface area contributed by atoms with E-state index in [1.165, 1.54) is 30.7 Å². The molecule has 0 radical (unpaired) electrons. The van der Waals surface area contributed by atoms with Crippen LogP contribution in [0.1, 0.15) is 47.7 Å². The summed E-state index contributed by atoms with van der Waals surface area (Å²) in [6.45, 7) is 4.18. The first-order chi connectivity index (χ1) is 19.1. The molecule has 1 saturated carbocycles. The molecule has 3 atom stereocenters. The number of hydrogen-bond donors (Lipinski definition) is 0. The van der Waals surface area contributed by atoms with Crippen LogP contribution in [-0.2, 0) is 26.5 Å². The number of pyridine rings is 1. The van der Waals surface area contributed by atoms with Crippen molar-refractivity contribution in [2.75, 3.05) is 26.3 Å². The molecule has 0 spiro atoms. The average Bonchev–Trinajstić information content (AvgIpc) is 2.93. The molecule has 0 amide bonds. The zero-order valence-electron chi connectivity index (χ0n) is 22.0. The van der Waals surface area contributed by atoms with E-state index < -0.39 is 21.6 Å². The second-order valence-electron chi connectivity index (χ2n) is 10.2. The van der Waals surface area contributed by atoms with Crippen molar-refractivity contribution in [1.82, 2.24) is 19.9 Å². The first kappa shape index (κ1) is 28.4. The number of benzene rings is 1. The number of morpholine rings is 1. The van der Waals surface area contributed by atoms with Gasteiger partial charge in [0.05, 0.1) is 40.8 Å². The summed E-state index contributed by atoms with van der Waals surface area (Å²) >= 11 is 0. The highest BCUT2D eigenvalue weighted by atomic mass is 32.2. The topological polar surface area (TPSA) is 94.5 Å². The minimum atomic E-state index is -4.39. The van der Waals surface area contributed by atoms with E-state index in [-0.39, 0.29) is 28.7 Å². The lowest BCUT2D eigenvalue weighted by atomic mass is 9.78. The van der Waals surface area contributed by atoms with Crippen LogP contribution in [0.25, 0.3) is 0 Å². The van der Waals surface area contributed by atoms with E-state index in [9.17, 15) is 21.6 Å². The molecule has 2 aromatic heterocycles. The Labute approximate surface area is 231 Å². The summed E-state index contributed by atoms with van der Waals surface area (Å²) in [4.78, 5) is 14.7. The Kier molecular flexibility index (Phi) is 8.39. The Bertz CT molecular complexity index is 1420. The fourth-order valence-corrected chi connectivity index (χ4v) is 7.06. The summed E-state index contributed by atoms with van der Waals surface area (Å²) in [6, 6.07) is 10.2. The van der Waals surface area contributed by atoms with E-state index in [1.54, 1.807) is 25.1 Å². The number of alkyl halides is 3. The Morgan fingerprint density at radius 3 is 2.60 bits per heavy atom. The molecule has 12 heteroatoms. The van der Waals surface area contributed by atoms with Gasteiger partial charge in [0.15, 0.2) is 9.84 Å². The van der Waals surface area contributed by atoms with Crippen molar-refractivity contribution >= 4 is 9.84 Å². The predicted octanol–water partition coefficient (Wildman–Crippen LogP) is 4.59. The Morgan fingerprint density at radius 1 is 1.10 bits per heavy atom. The van der Waals surface area contributed by atoms with Gasteiger partial charge >= 0.3 is 6.18 Å². The fraction of sp³-hybridized carbons (Fsp3) is 0.464. The molecule has 0 bridgehead atoms. The van der Waals surface area contributed by atoms with Crippen LogP contribution in [-0.4, -0.2) is 66.7 Å². The van der Waals surface area contributed by atoms with Crippen molar-refractivity contribution < 1.29 is 31.1 Å². The van der Waals surface area contributed by atoms with Crippen LogP contribution < -0.4 is 4.74 Å². The van der Waals surface area contributed by atoms with Crippen molar-refractivity contribution in [2.45, 2.75) is 61.1 Å². The van der Waals surface area contributed by atoms with Gasteiger partial charge in [0.2, 0.25) is 5.88 Å². The van der Waals surface area contributed by atoms with Crippen LogP contribution in [0.5, 0.6) is 5.88 Å². The molecule has 40 heavy (non-hydrogen) atoms. The molecule has 1 aromatic carbocycles. The first-order valence-corrected chi connectivity index (χ1v) is 14.9. The van der Waals surface area contributed by atoms with Gasteiger partial charge in [-0.3, -0.25) is 4.90 Å². The van der Waals surface area contributed by atoms with E-state index in [4.69, 9.17) is 9.47 Å². The number of halogens is 3. The van der Waals surface area contributed by atoms with Crippen molar-refractivity contribution in [3.05, 3.63) is 77.5 Å². The molecule has 1 aliphatic heterocycles. The first-order valence-electron chi connectivity index (χ1n) is 13.2. The molecule has 0 N–H and O–H groups in total. The summed E-state index contributed by atoms with van der Waals surface area (Å²) in [5, 5.41) is 0. The molecule has 1 saturated heterocycles. The second-order valence-corrected chi connectivity index (χ2v) is 12.2. The largest absolute Gasteiger partial charge is 0.473 e. The maximum atomic E-state index is 13.4. The maximum absolute atomic E-state index is 13.4. The predicted molar refractivity (Wildman–Crippen MR) is 141 cm³/mol. The number of aryl methyl sites for hydroxylation is 1. The second kappa shape index (κ2) is 11.8. The van der Waals surface area contributed by atoms with Crippen molar-refractivity contribution in [2.24, 2.45) is 0 Å². The average molecular weight is 577 g/mol. The number of rotatable bonds is 7. The van der Waals surface area contributed by atoms with E-state index >= 15 is 0 Å². The zero-order valence-corrected chi connectivity index (χ0v) is 22.9. The molecule has 2 fully saturated rings. The van der Waals surface area contributed by atoms with Gasteiger partial charge in [0, 0.05) is 31.4 Å². The number of ether oxygens (including phenoxy) is 2. The van der Waals surface area contributed by atoms with E-state index in [0.29, 0.717) is 68.4 Å². The van der Waals surface area contributed by atoms with Crippen LogP contribution >= 0.6 is 0 Å². The third-order valence-electron chi connectivity index (χ3n) is 7.55. The van der Waals surface area contributed by atoms with E-state index in [2.05, 4.69) is 19.9 Å². The summed E-state index contributed by atoms with van der Waals surface area (Å²) in [5.74, 6) is 0.00921. The summed E-state index contributed by atoms with van der Waals surface area (Å²) < 4.78 is 78.0. The minimum absolute atomic E-state index is 0.0426. The quantitative estimate of drug-likeness (QED) is 0.403. The summed E-state index contributed by atoms with van der Waals surface area (Å²) in [5.41, 5.74) is 0.757. The molecule has 0 unspecified atom stereocenters. The third-order valence-corrected chi connectivity index (χ3v) is 9.33. The number of sulfone groups is 1. The third kappa shape index (κ3) is 6.61. The standard InChI is InChI=1S/C28H31F3N4O4S/c1-19-26(40(36,37)17-23-9-10-32-18-33-23)7-8-27(34-19)39-25-6-5-21(16-24(25)35-11-13-38-14-12-35)20-3-2-4-22(15-20)28(29,30)31/h2-4,7-10,15,18,21,24-25H,5-6,11-14,16-17H2,1H3/t21-,24-,25-/m0/s1. The van der Waals surface area contributed by atoms with Crippen LogP contribution in [0.4, 0.5) is 13.2 Å². The van der Waals surface area contributed by atoms with Crippen LogP contribution in [0, 0.1) is 6.92 Å². The highest BCUT2D eigenvalue weighted by Gasteiger charge is 2.38. The van der Waals surface area contributed by atoms with Crippen LogP contribution in [0.3, 0.4) is 0 Å². The Morgan fingerprint density at radius 2 is 1.90 bits per heavy atom. The van der Waals surface area contributed by atoms with Gasteiger partial charge in [-0.15, -0.1) is 0 Å². The SMILES string of the molecule is Cc1nc(O[C@H]2CC[C@H](c3cccc(C(F)(F)F)c3)C[C@@H]2N2CCOCC2)ccc1S(=O)(=O)Cc1ccncn1. The zero-order chi connectivity index (χ0) is 28.3. The van der Waals surface area contributed by atoms with Gasteiger partial charge in [-0.05, 0) is 55.9 Å². The van der Waals surface area contributed by atoms with Crippen molar-refractivity contribution in [3.63, 3.8) is 0 Å². The van der Waals surface area contributed by atoms with E-state index in [1.807, 2.05) is 0 Å². The van der Waals surface area contributed by atoms with Gasteiger partial charge in [0.1, 0.15) is 12.4 Å². The molecular formula is C28H31F3N4O4S. The normalized spacial score (nSPS) is 22.6.